The van der Waals surface area contributed by atoms with Gasteiger partial charge in [-0.2, -0.15) is 10.4 Å². The number of nitrogens with zero attached hydrogens (tertiary/aromatic N) is 2. The summed E-state index contributed by atoms with van der Waals surface area (Å²) in [5, 5.41) is 13.2. The second kappa shape index (κ2) is 11.8. The first-order chi connectivity index (χ1) is 15.7. The van der Waals surface area contributed by atoms with Crippen molar-refractivity contribution in [3.05, 3.63) is 90.0 Å². The lowest BCUT2D eigenvalue weighted by Gasteiger charge is -2.11. The van der Waals surface area contributed by atoms with E-state index in [2.05, 4.69) is 10.5 Å². The fourth-order valence-electron chi connectivity index (χ4n) is 2.86. The van der Waals surface area contributed by atoms with Crippen LogP contribution in [0.3, 0.4) is 0 Å². The molecule has 1 atom stereocenters. The second-order valence-corrected chi connectivity index (χ2v) is 6.62. The number of ether oxygens (including phenoxy) is 3. The van der Waals surface area contributed by atoms with Gasteiger partial charge in [-0.05, 0) is 47.5 Å². The number of para-hydroxylation sites is 2. The molecule has 0 radical (unpaired) electrons. The molecule has 0 fully saturated rings. The molecule has 0 bridgehead atoms. The predicted molar refractivity (Wildman–Crippen MR) is 121 cm³/mol. The SMILES string of the molecule is COc1ccccc1OCCOc1ccc(/C=N\NC(=O)[C@H](C#N)c2ccccc2)cc1. The third kappa shape index (κ3) is 6.34. The number of rotatable bonds is 10. The molecule has 7 heteroatoms. The number of benzene rings is 3. The molecular formula is C25H23N3O4. The van der Waals surface area contributed by atoms with E-state index in [-0.39, 0.29) is 0 Å². The Kier molecular flexibility index (Phi) is 8.23. The van der Waals surface area contributed by atoms with E-state index in [1.807, 2.05) is 48.5 Å². The Morgan fingerprint density at radius 1 is 0.969 bits per heavy atom. The van der Waals surface area contributed by atoms with E-state index in [0.29, 0.717) is 36.0 Å². The minimum Gasteiger partial charge on any atom is -0.493 e. The van der Waals surface area contributed by atoms with Crippen molar-refractivity contribution in [2.75, 3.05) is 20.3 Å². The molecule has 1 N–H and O–H groups in total. The third-order valence-corrected chi connectivity index (χ3v) is 4.47. The Bertz CT molecular complexity index is 1080. The van der Waals surface area contributed by atoms with E-state index in [9.17, 15) is 10.1 Å². The van der Waals surface area contributed by atoms with Gasteiger partial charge in [0, 0.05) is 0 Å². The molecule has 3 aromatic carbocycles. The quantitative estimate of drug-likeness (QED) is 0.300. The normalized spacial score (nSPS) is 11.4. The van der Waals surface area contributed by atoms with Crippen molar-refractivity contribution in [2.24, 2.45) is 5.10 Å². The van der Waals surface area contributed by atoms with Crippen molar-refractivity contribution in [1.29, 1.82) is 5.26 Å². The van der Waals surface area contributed by atoms with Crippen LogP contribution in [0.25, 0.3) is 0 Å². The van der Waals surface area contributed by atoms with E-state index in [1.165, 1.54) is 6.21 Å². The molecule has 7 nitrogen and oxygen atoms in total. The predicted octanol–water partition coefficient (Wildman–Crippen LogP) is 3.91. The Morgan fingerprint density at radius 3 is 2.31 bits per heavy atom. The van der Waals surface area contributed by atoms with E-state index in [4.69, 9.17) is 14.2 Å². The molecule has 0 aliphatic rings. The topological polar surface area (TPSA) is 92.9 Å². The first-order valence-corrected chi connectivity index (χ1v) is 9.97. The second-order valence-electron chi connectivity index (χ2n) is 6.62. The third-order valence-electron chi connectivity index (χ3n) is 4.47. The lowest BCUT2D eigenvalue weighted by molar-refractivity contribution is -0.121. The smallest absolute Gasteiger partial charge is 0.261 e. The highest BCUT2D eigenvalue weighted by atomic mass is 16.5. The van der Waals surface area contributed by atoms with E-state index < -0.39 is 11.8 Å². The van der Waals surface area contributed by atoms with Crippen LogP contribution in [0.1, 0.15) is 17.0 Å². The number of carbonyl (C=O) groups is 1. The summed E-state index contributed by atoms with van der Waals surface area (Å²) in [7, 11) is 1.60. The maximum absolute atomic E-state index is 12.2. The minimum atomic E-state index is -0.915. The monoisotopic (exact) mass is 429 g/mol. The Balaban J connectivity index is 1.44. The summed E-state index contributed by atoms with van der Waals surface area (Å²) in [4.78, 5) is 12.2. The molecule has 1 amide bonds. The van der Waals surface area contributed by atoms with Crippen molar-refractivity contribution in [1.82, 2.24) is 5.43 Å². The van der Waals surface area contributed by atoms with Crippen LogP contribution >= 0.6 is 0 Å². The van der Waals surface area contributed by atoms with Crippen molar-refractivity contribution in [3.63, 3.8) is 0 Å². The molecule has 32 heavy (non-hydrogen) atoms. The Hall–Kier alpha value is -4.31. The number of amides is 1. The molecule has 0 aliphatic carbocycles. The molecule has 0 spiro atoms. The summed E-state index contributed by atoms with van der Waals surface area (Å²) < 4.78 is 16.6. The fraction of sp³-hybridized carbons (Fsp3) is 0.160. The van der Waals surface area contributed by atoms with Gasteiger partial charge in [-0.1, -0.05) is 42.5 Å². The molecular weight excluding hydrogens is 406 g/mol. The average Bonchev–Trinajstić information content (AvgIpc) is 2.84. The molecule has 0 saturated heterocycles. The van der Waals surface area contributed by atoms with Crippen LogP contribution in [-0.2, 0) is 4.79 Å². The number of nitrogens with one attached hydrogen (secondary N) is 1. The van der Waals surface area contributed by atoms with Gasteiger partial charge in [-0.25, -0.2) is 5.43 Å². The van der Waals surface area contributed by atoms with E-state index in [0.717, 1.165) is 5.56 Å². The van der Waals surface area contributed by atoms with Gasteiger partial charge in [-0.3, -0.25) is 4.79 Å². The number of hydrazone groups is 1. The lowest BCUT2D eigenvalue weighted by Crippen LogP contribution is -2.24. The number of hydrogen-bond donors (Lipinski definition) is 1. The zero-order chi connectivity index (χ0) is 22.6. The molecule has 162 valence electrons. The van der Waals surface area contributed by atoms with Crippen LogP contribution < -0.4 is 19.6 Å². The largest absolute Gasteiger partial charge is 0.493 e. The van der Waals surface area contributed by atoms with Crippen LogP contribution in [-0.4, -0.2) is 32.4 Å². The first-order valence-electron chi connectivity index (χ1n) is 9.97. The van der Waals surface area contributed by atoms with Gasteiger partial charge in [0.1, 0.15) is 19.0 Å². The minimum absolute atomic E-state index is 0.372. The highest BCUT2D eigenvalue weighted by Gasteiger charge is 2.19. The molecule has 0 heterocycles. The first kappa shape index (κ1) is 22.4. The molecule has 3 rings (SSSR count). The summed E-state index contributed by atoms with van der Waals surface area (Å²) >= 11 is 0. The standard InChI is InChI=1S/C25H23N3O4/c1-30-23-9-5-6-10-24(23)32-16-15-31-21-13-11-19(12-14-21)18-27-28-25(29)22(17-26)20-7-3-2-4-8-20/h2-14,18,22H,15-16H2,1H3,(H,28,29)/b27-18-/t22-/m1/s1. The van der Waals surface area contributed by atoms with Gasteiger partial charge >= 0.3 is 0 Å². The van der Waals surface area contributed by atoms with Crippen molar-refractivity contribution in [2.45, 2.75) is 5.92 Å². The Morgan fingerprint density at radius 2 is 1.62 bits per heavy atom. The molecule has 0 unspecified atom stereocenters. The van der Waals surface area contributed by atoms with Crippen LogP contribution in [0.4, 0.5) is 0 Å². The molecule has 3 aromatic rings. The molecule has 0 saturated carbocycles. The van der Waals surface area contributed by atoms with Gasteiger partial charge in [0.25, 0.3) is 5.91 Å². The van der Waals surface area contributed by atoms with Crippen molar-refractivity contribution >= 4 is 12.1 Å². The maximum atomic E-state index is 12.2. The van der Waals surface area contributed by atoms with Gasteiger partial charge < -0.3 is 14.2 Å². The highest BCUT2D eigenvalue weighted by Crippen LogP contribution is 2.25. The highest BCUT2D eigenvalue weighted by molar-refractivity contribution is 5.88. The van der Waals surface area contributed by atoms with Gasteiger partial charge in [-0.15, -0.1) is 0 Å². The van der Waals surface area contributed by atoms with Gasteiger partial charge in [0.15, 0.2) is 17.4 Å². The van der Waals surface area contributed by atoms with Crippen LogP contribution in [0.5, 0.6) is 17.2 Å². The zero-order valence-electron chi connectivity index (χ0n) is 17.6. The van der Waals surface area contributed by atoms with Crippen LogP contribution in [0.15, 0.2) is 84.0 Å². The number of nitriles is 1. The lowest BCUT2D eigenvalue weighted by atomic mass is 10.0. The number of carbonyl (C=O) groups excluding carboxylic acids is 1. The summed E-state index contributed by atoms with van der Waals surface area (Å²) in [6.45, 7) is 0.744. The van der Waals surface area contributed by atoms with Crippen molar-refractivity contribution < 1.29 is 19.0 Å². The fourth-order valence-corrected chi connectivity index (χ4v) is 2.86. The van der Waals surface area contributed by atoms with Crippen molar-refractivity contribution in [3.8, 4) is 23.3 Å². The number of hydrogen-bond acceptors (Lipinski definition) is 6. The molecule has 0 aliphatic heterocycles. The van der Waals surface area contributed by atoms with Crippen LogP contribution in [0.2, 0.25) is 0 Å². The van der Waals surface area contributed by atoms with Crippen LogP contribution in [0, 0.1) is 11.3 Å². The summed E-state index contributed by atoms with van der Waals surface area (Å²) in [5.74, 6) is 0.627. The van der Waals surface area contributed by atoms with Gasteiger partial charge in [0.05, 0.1) is 19.4 Å². The summed E-state index contributed by atoms with van der Waals surface area (Å²) in [5.41, 5.74) is 3.81. The zero-order valence-corrected chi connectivity index (χ0v) is 17.6. The maximum Gasteiger partial charge on any atom is 0.261 e. The Labute approximate surface area is 186 Å². The van der Waals surface area contributed by atoms with Gasteiger partial charge in [0.2, 0.25) is 0 Å². The van der Waals surface area contributed by atoms with E-state index >= 15 is 0 Å². The number of methoxy groups -OCH3 is 1. The summed E-state index contributed by atoms with van der Waals surface area (Å²) in [6, 6.07) is 25.5. The van der Waals surface area contributed by atoms with E-state index in [1.54, 1.807) is 43.5 Å². The molecule has 0 aromatic heterocycles. The summed E-state index contributed by atoms with van der Waals surface area (Å²) in [6.07, 6.45) is 1.51. The average molecular weight is 429 g/mol.